The Bertz CT molecular complexity index is 1490. The summed E-state index contributed by atoms with van der Waals surface area (Å²) in [6.45, 7) is 0.765. The number of anilines is 1. The molecule has 2 saturated heterocycles. The van der Waals surface area contributed by atoms with Gasteiger partial charge in [0.15, 0.2) is 0 Å². The van der Waals surface area contributed by atoms with Crippen LogP contribution in [-0.2, 0) is 27.4 Å². The van der Waals surface area contributed by atoms with Gasteiger partial charge in [-0.1, -0.05) is 23.7 Å². The molecule has 210 valence electrons. The summed E-state index contributed by atoms with van der Waals surface area (Å²) < 4.78 is 56.7. The predicted octanol–water partition coefficient (Wildman–Crippen LogP) is 4.61. The summed E-state index contributed by atoms with van der Waals surface area (Å²) in [7, 11) is 1.30. The summed E-state index contributed by atoms with van der Waals surface area (Å²) in [6, 6.07) is 6.86. The Balaban J connectivity index is 1.39. The molecule has 3 aliphatic heterocycles. The topological polar surface area (TPSA) is 115 Å². The summed E-state index contributed by atoms with van der Waals surface area (Å²) in [5.41, 5.74) is 4.79. The van der Waals surface area contributed by atoms with Crippen LogP contribution in [0, 0.1) is 11.7 Å². The molecular weight excluding hydrogens is 551 g/mol. The number of alkyl halides is 2. The Hall–Kier alpha value is -3.64. The molecule has 2 amide bonds. The lowest BCUT2D eigenvalue weighted by Gasteiger charge is -2.53. The number of ether oxygens (including phenoxy) is 1. The van der Waals surface area contributed by atoms with Crippen LogP contribution in [0.25, 0.3) is 11.5 Å². The number of carbonyl (C=O) groups is 2. The van der Waals surface area contributed by atoms with E-state index in [2.05, 4.69) is 10.2 Å². The molecule has 1 saturated carbocycles. The van der Waals surface area contributed by atoms with Crippen molar-refractivity contribution in [2.75, 3.05) is 25.1 Å². The number of hydrogen-bond donors (Lipinski definition) is 1. The monoisotopic (exact) mass is 575 g/mol. The summed E-state index contributed by atoms with van der Waals surface area (Å²) in [5, 5.41) is 8.64. The van der Waals surface area contributed by atoms with Crippen molar-refractivity contribution in [3.8, 4) is 11.5 Å². The van der Waals surface area contributed by atoms with E-state index in [0.29, 0.717) is 42.6 Å². The predicted molar refractivity (Wildman–Crippen MR) is 137 cm³/mol. The summed E-state index contributed by atoms with van der Waals surface area (Å²) in [4.78, 5) is 28.0. The molecule has 0 spiro atoms. The number of benzene rings is 2. The minimum absolute atomic E-state index is 0.0964. The third-order valence-electron chi connectivity index (χ3n) is 7.96. The lowest BCUT2D eigenvalue weighted by Crippen LogP contribution is -2.60. The number of nitrogens with two attached hydrogens (primary N) is 1. The first-order valence-electron chi connectivity index (χ1n) is 12.7. The van der Waals surface area contributed by atoms with Crippen molar-refractivity contribution in [1.29, 1.82) is 0 Å². The highest BCUT2D eigenvalue weighted by Gasteiger charge is 2.56. The lowest BCUT2D eigenvalue weighted by atomic mass is 9.58. The quantitative estimate of drug-likeness (QED) is 0.483. The molecule has 3 aromatic rings. The highest BCUT2D eigenvalue weighted by atomic mass is 35.5. The molecular formula is C27H25ClF3N5O4. The van der Waals surface area contributed by atoms with Crippen molar-refractivity contribution in [2.45, 2.75) is 43.2 Å². The number of halogens is 4. The zero-order chi connectivity index (χ0) is 28.4. The molecule has 2 bridgehead atoms. The van der Waals surface area contributed by atoms with Gasteiger partial charge in [-0.2, -0.15) is 0 Å². The van der Waals surface area contributed by atoms with E-state index in [9.17, 15) is 9.59 Å². The second-order valence-electron chi connectivity index (χ2n) is 10.7. The Morgan fingerprint density at radius 3 is 2.62 bits per heavy atom. The van der Waals surface area contributed by atoms with Gasteiger partial charge in [-0.05, 0) is 48.6 Å². The van der Waals surface area contributed by atoms with Gasteiger partial charge in [0.25, 0.3) is 11.8 Å². The number of hydrogen-bond acceptors (Lipinski definition) is 7. The molecule has 2 aromatic carbocycles. The van der Waals surface area contributed by atoms with E-state index in [1.807, 2.05) is 0 Å². The average molecular weight is 576 g/mol. The van der Waals surface area contributed by atoms with Gasteiger partial charge in [0.2, 0.25) is 11.8 Å². The van der Waals surface area contributed by atoms with Gasteiger partial charge in [0.05, 0.1) is 36.4 Å². The largest absolute Gasteiger partial charge is 0.453 e. The minimum Gasteiger partial charge on any atom is -0.453 e. The van der Waals surface area contributed by atoms with Crippen molar-refractivity contribution in [3.63, 3.8) is 0 Å². The second-order valence-corrected chi connectivity index (χ2v) is 11.2. The number of piperidine rings is 2. The van der Waals surface area contributed by atoms with Crippen molar-refractivity contribution in [3.05, 3.63) is 64.3 Å². The van der Waals surface area contributed by atoms with Crippen LogP contribution in [0.2, 0.25) is 5.02 Å². The maximum absolute atomic E-state index is 15.4. The molecule has 2 N–H and O–H groups in total. The molecule has 1 atom stereocenters. The van der Waals surface area contributed by atoms with Crippen molar-refractivity contribution >= 4 is 29.3 Å². The van der Waals surface area contributed by atoms with Gasteiger partial charge < -0.3 is 24.7 Å². The molecule has 0 radical (unpaired) electrons. The molecule has 1 aromatic heterocycles. The van der Waals surface area contributed by atoms with Crippen molar-refractivity contribution in [2.24, 2.45) is 11.7 Å². The standard InChI is InChI=1S/C27H25ClF3N5O4/c1-39-25(38)35-11-15-8-26(9-15,13-35)24-34-33-22(40-24)17-6-21-18(7-19(17)29)27(30,31)10-20(32)23(37)36(21)12-14-2-4-16(28)5-3-14/h2-7,15,20H,8-13,32H2,1H3. The summed E-state index contributed by atoms with van der Waals surface area (Å²) in [6.07, 6.45) is -0.0143. The van der Waals surface area contributed by atoms with Crippen LogP contribution in [0.4, 0.5) is 23.7 Å². The van der Waals surface area contributed by atoms with Crippen LogP contribution in [0.3, 0.4) is 0 Å². The Labute approximate surface area is 232 Å². The second kappa shape index (κ2) is 9.48. The number of aromatic nitrogens is 2. The number of rotatable bonds is 4. The van der Waals surface area contributed by atoms with Crippen LogP contribution in [0.5, 0.6) is 0 Å². The number of methoxy groups -OCH3 is 1. The van der Waals surface area contributed by atoms with E-state index in [-0.39, 0.29) is 35.5 Å². The SMILES string of the molecule is COC(=O)N1CC2CC(c3nnc(-c4cc5c(cc4F)C(F)(F)CC(N)C(=O)N5Cc4ccc(Cl)cc4)o3)(C2)C1. The third kappa shape index (κ3) is 4.39. The Morgan fingerprint density at radius 1 is 1.20 bits per heavy atom. The van der Waals surface area contributed by atoms with Crippen LogP contribution in [0.15, 0.2) is 40.8 Å². The van der Waals surface area contributed by atoms with Crippen LogP contribution >= 0.6 is 11.6 Å². The number of nitrogens with zero attached hydrogens (tertiary/aromatic N) is 4. The maximum Gasteiger partial charge on any atom is 0.409 e. The maximum atomic E-state index is 15.4. The van der Waals surface area contributed by atoms with E-state index < -0.39 is 47.2 Å². The highest BCUT2D eigenvalue weighted by Crippen LogP contribution is 2.52. The van der Waals surface area contributed by atoms with Gasteiger partial charge in [0, 0.05) is 30.1 Å². The summed E-state index contributed by atoms with van der Waals surface area (Å²) >= 11 is 5.97. The first-order valence-corrected chi connectivity index (χ1v) is 13.1. The lowest BCUT2D eigenvalue weighted by molar-refractivity contribution is -0.122. The number of carbonyl (C=O) groups excluding carboxylic acids is 2. The van der Waals surface area contributed by atoms with E-state index >= 15 is 13.2 Å². The molecule has 9 nitrogen and oxygen atoms in total. The zero-order valence-corrected chi connectivity index (χ0v) is 22.1. The molecule has 3 fully saturated rings. The molecule has 7 rings (SSSR count). The fraction of sp³-hybridized carbons (Fsp3) is 0.407. The molecule has 13 heteroatoms. The third-order valence-corrected chi connectivity index (χ3v) is 8.21. The zero-order valence-electron chi connectivity index (χ0n) is 21.4. The van der Waals surface area contributed by atoms with Gasteiger partial charge in [-0.25, -0.2) is 18.0 Å². The van der Waals surface area contributed by atoms with Gasteiger partial charge in [-0.3, -0.25) is 4.79 Å². The first-order chi connectivity index (χ1) is 19.0. The minimum atomic E-state index is -3.57. The highest BCUT2D eigenvalue weighted by molar-refractivity contribution is 6.30. The van der Waals surface area contributed by atoms with Crippen molar-refractivity contribution < 1.29 is 31.9 Å². The van der Waals surface area contributed by atoms with Gasteiger partial charge >= 0.3 is 6.09 Å². The average Bonchev–Trinajstić information content (AvgIpc) is 3.39. The molecule has 4 aliphatic rings. The first kappa shape index (κ1) is 26.6. The van der Waals surface area contributed by atoms with Gasteiger partial charge in [-0.15, -0.1) is 10.2 Å². The van der Waals surface area contributed by atoms with E-state index in [1.54, 1.807) is 29.2 Å². The summed E-state index contributed by atoms with van der Waals surface area (Å²) in [5.74, 6) is -5.07. The van der Waals surface area contributed by atoms with Gasteiger partial charge in [0.1, 0.15) is 5.82 Å². The van der Waals surface area contributed by atoms with Crippen LogP contribution < -0.4 is 10.6 Å². The smallest absolute Gasteiger partial charge is 0.409 e. The van der Waals surface area contributed by atoms with Crippen molar-refractivity contribution in [1.82, 2.24) is 15.1 Å². The van der Waals surface area contributed by atoms with E-state index in [0.717, 1.165) is 11.0 Å². The molecule has 40 heavy (non-hydrogen) atoms. The normalized spacial score (nSPS) is 25.2. The molecule has 1 aliphatic carbocycles. The molecule has 4 heterocycles. The molecule has 1 unspecified atom stereocenters. The van der Waals surface area contributed by atoms with E-state index in [1.165, 1.54) is 7.11 Å². The van der Waals surface area contributed by atoms with Crippen LogP contribution in [-0.4, -0.2) is 53.3 Å². The Kier molecular flexibility index (Phi) is 6.30. The van der Waals surface area contributed by atoms with E-state index in [4.69, 9.17) is 26.5 Å². The fourth-order valence-electron chi connectivity index (χ4n) is 6.07. The Morgan fingerprint density at radius 2 is 1.93 bits per heavy atom. The number of amides is 2. The van der Waals surface area contributed by atoms with Crippen LogP contribution in [0.1, 0.15) is 36.3 Å². The fourth-order valence-corrected chi connectivity index (χ4v) is 6.20. The number of fused-ring (bicyclic) bond motifs is 3.